The molecular weight excluding hydrogens is 280 g/mol. The molecule has 0 amide bonds. The van der Waals surface area contributed by atoms with E-state index < -0.39 is 0 Å². The van der Waals surface area contributed by atoms with Crippen LogP contribution >= 0.6 is 0 Å². The number of nitrogens with one attached hydrogen (secondary N) is 1. The van der Waals surface area contributed by atoms with Crippen LogP contribution in [0, 0.1) is 6.92 Å². The van der Waals surface area contributed by atoms with Gasteiger partial charge in [0.15, 0.2) is 5.78 Å². The zero-order valence-electron chi connectivity index (χ0n) is 12.8. The monoisotopic (exact) mass is 300 g/mol. The van der Waals surface area contributed by atoms with Crippen molar-refractivity contribution < 1.29 is 9.53 Å². The molecule has 0 radical (unpaired) electrons. The van der Waals surface area contributed by atoms with Crippen LogP contribution in [0.2, 0.25) is 0 Å². The van der Waals surface area contributed by atoms with Crippen LogP contribution < -0.4 is 5.73 Å². The molecule has 0 spiro atoms. The van der Waals surface area contributed by atoms with Gasteiger partial charge >= 0.3 is 0 Å². The Hall–Kier alpha value is -2.34. The first-order valence-electron chi connectivity index (χ1n) is 7.31. The smallest absolute Gasteiger partial charge is 0.158 e. The molecule has 0 aliphatic carbocycles. The van der Waals surface area contributed by atoms with Gasteiger partial charge in [0.25, 0.3) is 0 Å². The first-order valence-corrected chi connectivity index (χ1v) is 7.31. The van der Waals surface area contributed by atoms with Crippen LogP contribution in [0.1, 0.15) is 37.3 Å². The number of ether oxygens (including phenoxy) is 1. The van der Waals surface area contributed by atoms with E-state index in [9.17, 15) is 4.79 Å². The number of rotatable bonds is 4. The molecule has 6 heteroatoms. The van der Waals surface area contributed by atoms with Gasteiger partial charge in [-0.3, -0.25) is 9.89 Å². The fourth-order valence-corrected chi connectivity index (χ4v) is 3.06. The number of Topliss-reactive ketones (excluding diaryl/α,β-unsaturated/α-hetero) is 1. The minimum absolute atomic E-state index is 0.0725. The number of carbonyl (C=O) groups is 1. The van der Waals surface area contributed by atoms with E-state index in [1.54, 1.807) is 13.1 Å². The van der Waals surface area contributed by atoms with Crippen LogP contribution in [0.25, 0.3) is 17.0 Å². The average molecular weight is 300 g/mol. The highest BCUT2D eigenvalue weighted by Crippen LogP contribution is 2.36. The lowest BCUT2D eigenvalue weighted by atomic mass is 10.1. The van der Waals surface area contributed by atoms with Gasteiger partial charge in [0.1, 0.15) is 12.3 Å². The van der Waals surface area contributed by atoms with Gasteiger partial charge in [-0.2, -0.15) is 5.10 Å². The van der Waals surface area contributed by atoms with E-state index in [1.165, 1.54) is 0 Å². The SMILES string of the molecule is C=C(N)c1c(-c2cc[nH]n2)cn([C@H]2CC[C@@H](C(C)=O)O2)c1C. The zero-order valence-corrected chi connectivity index (χ0v) is 12.8. The molecule has 0 unspecified atom stereocenters. The van der Waals surface area contributed by atoms with Gasteiger partial charge < -0.3 is 15.0 Å². The molecule has 0 bridgehead atoms. The lowest BCUT2D eigenvalue weighted by Gasteiger charge is -2.16. The quantitative estimate of drug-likeness (QED) is 0.907. The van der Waals surface area contributed by atoms with E-state index in [4.69, 9.17) is 10.5 Å². The summed E-state index contributed by atoms with van der Waals surface area (Å²) in [6, 6.07) is 1.89. The topological polar surface area (TPSA) is 85.9 Å². The molecule has 2 atom stereocenters. The van der Waals surface area contributed by atoms with Gasteiger partial charge in [-0.25, -0.2) is 0 Å². The largest absolute Gasteiger partial charge is 0.399 e. The van der Waals surface area contributed by atoms with Crippen LogP contribution in [0.5, 0.6) is 0 Å². The fraction of sp³-hybridized carbons (Fsp3) is 0.375. The summed E-state index contributed by atoms with van der Waals surface area (Å²) in [4.78, 5) is 11.5. The zero-order chi connectivity index (χ0) is 15.9. The maximum absolute atomic E-state index is 11.5. The Kier molecular flexibility index (Phi) is 3.62. The van der Waals surface area contributed by atoms with Gasteiger partial charge in [0, 0.05) is 34.9 Å². The van der Waals surface area contributed by atoms with E-state index in [1.807, 2.05) is 23.8 Å². The third-order valence-electron chi connectivity index (χ3n) is 4.15. The number of hydrogen-bond donors (Lipinski definition) is 2. The molecule has 22 heavy (non-hydrogen) atoms. The van der Waals surface area contributed by atoms with E-state index in [0.29, 0.717) is 5.70 Å². The number of aromatic nitrogens is 3. The van der Waals surface area contributed by atoms with Crippen LogP contribution in [0.4, 0.5) is 0 Å². The second-order valence-electron chi connectivity index (χ2n) is 5.66. The Balaban J connectivity index is 2.02. The van der Waals surface area contributed by atoms with E-state index >= 15 is 0 Å². The fourth-order valence-electron chi connectivity index (χ4n) is 3.06. The van der Waals surface area contributed by atoms with Crippen LogP contribution in [0.15, 0.2) is 25.0 Å². The Labute approximate surface area is 129 Å². The summed E-state index contributed by atoms with van der Waals surface area (Å²) in [5.41, 5.74) is 10.0. The summed E-state index contributed by atoms with van der Waals surface area (Å²) in [6.07, 6.45) is 4.82. The van der Waals surface area contributed by atoms with Crippen molar-refractivity contribution >= 4 is 11.5 Å². The molecule has 1 fully saturated rings. The molecule has 0 aromatic carbocycles. The van der Waals surface area contributed by atoms with Crippen LogP contribution in [0.3, 0.4) is 0 Å². The molecule has 1 saturated heterocycles. The maximum atomic E-state index is 11.5. The summed E-state index contributed by atoms with van der Waals surface area (Å²) in [5, 5.41) is 7.03. The Morgan fingerprint density at radius 3 is 2.86 bits per heavy atom. The molecule has 2 aromatic rings. The van der Waals surface area contributed by atoms with Crippen molar-refractivity contribution in [3.8, 4) is 11.3 Å². The lowest BCUT2D eigenvalue weighted by Crippen LogP contribution is -2.18. The molecule has 3 N–H and O–H groups in total. The van der Waals surface area contributed by atoms with E-state index in [0.717, 1.165) is 35.4 Å². The number of aromatic amines is 1. The van der Waals surface area contributed by atoms with Crippen molar-refractivity contribution in [3.63, 3.8) is 0 Å². The van der Waals surface area contributed by atoms with Crippen molar-refractivity contribution in [1.82, 2.24) is 14.8 Å². The number of ketones is 1. The molecule has 2 aromatic heterocycles. The summed E-state index contributed by atoms with van der Waals surface area (Å²) in [7, 11) is 0. The van der Waals surface area contributed by atoms with Crippen molar-refractivity contribution in [1.29, 1.82) is 0 Å². The third kappa shape index (κ3) is 2.35. The number of H-pyrrole nitrogens is 1. The van der Waals surface area contributed by atoms with Gasteiger partial charge in [-0.15, -0.1) is 0 Å². The van der Waals surface area contributed by atoms with Crippen molar-refractivity contribution in [2.45, 2.75) is 39.0 Å². The first-order chi connectivity index (χ1) is 10.5. The molecular formula is C16H20N4O2. The minimum Gasteiger partial charge on any atom is -0.399 e. The Bertz CT molecular complexity index is 715. The number of hydrogen-bond acceptors (Lipinski definition) is 4. The Morgan fingerprint density at radius 2 is 2.32 bits per heavy atom. The number of nitrogens with zero attached hydrogens (tertiary/aromatic N) is 2. The molecule has 116 valence electrons. The number of carbonyl (C=O) groups excluding carboxylic acids is 1. The van der Waals surface area contributed by atoms with E-state index in [2.05, 4.69) is 16.8 Å². The predicted octanol–water partition coefficient (Wildman–Crippen LogP) is 2.38. The van der Waals surface area contributed by atoms with Gasteiger partial charge in [0.2, 0.25) is 0 Å². The predicted molar refractivity (Wildman–Crippen MR) is 83.8 cm³/mol. The molecule has 6 nitrogen and oxygen atoms in total. The van der Waals surface area contributed by atoms with Gasteiger partial charge in [-0.1, -0.05) is 6.58 Å². The van der Waals surface area contributed by atoms with Crippen LogP contribution in [-0.4, -0.2) is 26.7 Å². The third-order valence-corrected chi connectivity index (χ3v) is 4.15. The summed E-state index contributed by atoms with van der Waals surface area (Å²) < 4.78 is 7.90. The maximum Gasteiger partial charge on any atom is 0.158 e. The first kappa shape index (κ1) is 14.6. The molecule has 1 aliphatic rings. The Morgan fingerprint density at radius 1 is 1.55 bits per heavy atom. The van der Waals surface area contributed by atoms with Crippen molar-refractivity contribution in [3.05, 3.63) is 36.3 Å². The number of nitrogens with two attached hydrogens (primary N) is 1. The molecule has 0 saturated carbocycles. The molecule has 1 aliphatic heterocycles. The molecule has 3 rings (SSSR count). The summed E-state index contributed by atoms with van der Waals surface area (Å²) in [5.74, 6) is 0.0725. The van der Waals surface area contributed by atoms with E-state index in [-0.39, 0.29) is 18.1 Å². The molecule has 3 heterocycles. The highest BCUT2D eigenvalue weighted by Gasteiger charge is 2.31. The minimum atomic E-state index is -0.315. The highest BCUT2D eigenvalue weighted by molar-refractivity contribution is 5.81. The average Bonchev–Trinajstić information content (AvgIpc) is 3.16. The van der Waals surface area contributed by atoms with Gasteiger partial charge in [0.05, 0.1) is 5.69 Å². The lowest BCUT2D eigenvalue weighted by molar-refractivity contribution is -0.129. The second-order valence-corrected chi connectivity index (χ2v) is 5.66. The normalized spacial score (nSPS) is 21.2. The second kappa shape index (κ2) is 5.46. The van der Waals surface area contributed by atoms with Gasteiger partial charge in [-0.05, 0) is 32.8 Å². The highest BCUT2D eigenvalue weighted by atomic mass is 16.5. The van der Waals surface area contributed by atoms with Crippen LogP contribution in [-0.2, 0) is 9.53 Å². The standard InChI is InChI=1S/C16H20N4O2/c1-9(17)16-10(2)20(8-12(16)13-6-7-18-19-13)15-5-4-14(22-15)11(3)21/h6-8,14-15H,1,4-5,17H2,2-3H3,(H,18,19)/t14-,15+/m0/s1. The summed E-state index contributed by atoms with van der Waals surface area (Å²) >= 11 is 0. The van der Waals surface area contributed by atoms with Crippen molar-refractivity contribution in [2.24, 2.45) is 5.73 Å². The summed E-state index contributed by atoms with van der Waals surface area (Å²) in [6.45, 7) is 7.42. The van der Waals surface area contributed by atoms with Crippen molar-refractivity contribution in [2.75, 3.05) is 0 Å².